The lowest BCUT2D eigenvalue weighted by atomic mass is 10.2. The fourth-order valence-electron chi connectivity index (χ4n) is 1.65. The number of nitrogens with zero attached hydrogens (tertiary/aromatic N) is 2. The average molecular weight is 329 g/mol. The van der Waals surface area contributed by atoms with E-state index >= 15 is 0 Å². The molecule has 3 nitrogen and oxygen atoms in total. The van der Waals surface area contributed by atoms with E-state index in [-0.39, 0.29) is 30.7 Å². The summed E-state index contributed by atoms with van der Waals surface area (Å²) in [5, 5.41) is 0. The van der Waals surface area contributed by atoms with Crippen molar-refractivity contribution in [1.82, 2.24) is 4.90 Å². The van der Waals surface area contributed by atoms with E-state index in [1.165, 1.54) is 25.7 Å². The van der Waals surface area contributed by atoms with E-state index in [1.807, 2.05) is 0 Å². The second kappa shape index (κ2) is 9.18. The van der Waals surface area contributed by atoms with Crippen molar-refractivity contribution in [3.63, 3.8) is 0 Å². The molecule has 0 amide bonds. The van der Waals surface area contributed by atoms with Crippen LogP contribution < -0.4 is 5.73 Å². The van der Waals surface area contributed by atoms with E-state index < -0.39 is 0 Å². The Morgan fingerprint density at radius 2 is 1.80 bits per heavy atom. The zero-order chi connectivity index (χ0) is 10.2. The molecule has 0 aromatic carbocycles. The van der Waals surface area contributed by atoms with Gasteiger partial charge in [0.25, 0.3) is 0 Å². The van der Waals surface area contributed by atoms with Crippen molar-refractivity contribution < 1.29 is 4.39 Å². The van der Waals surface area contributed by atoms with Gasteiger partial charge in [-0.2, -0.15) is 0 Å². The van der Waals surface area contributed by atoms with Crippen molar-refractivity contribution in [1.29, 1.82) is 0 Å². The van der Waals surface area contributed by atoms with Crippen molar-refractivity contribution >= 4 is 29.9 Å². The second-order valence-corrected chi connectivity index (χ2v) is 3.68. The summed E-state index contributed by atoms with van der Waals surface area (Å²) in [6.45, 7) is 2.21. The molecule has 0 radical (unpaired) electrons. The van der Waals surface area contributed by atoms with Crippen LogP contribution >= 0.6 is 24.0 Å². The van der Waals surface area contributed by atoms with Gasteiger partial charge in [0.1, 0.15) is 0 Å². The third-order valence-corrected chi connectivity index (χ3v) is 2.50. The summed E-state index contributed by atoms with van der Waals surface area (Å²) in [5.74, 6) is 0.598. The lowest BCUT2D eigenvalue weighted by molar-refractivity contribution is 0.426. The Morgan fingerprint density at radius 3 is 2.33 bits per heavy atom. The highest BCUT2D eigenvalue weighted by Crippen LogP contribution is 2.08. The topological polar surface area (TPSA) is 41.6 Å². The van der Waals surface area contributed by atoms with Crippen LogP contribution in [0.2, 0.25) is 0 Å². The monoisotopic (exact) mass is 329 g/mol. The van der Waals surface area contributed by atoms with Crippen LogP contribution in [-0.2, 0) is 0 Å². The van der Waals surface area contributed by atoms with Crippen LogP contribution in [0.5, 0.6) is 0 Å². The smallest absolute Gasteiger partial charge is 0.191 e. The molecule has 0 aromatic rings. The number of guanidine groups is 1. The Kier molecular flexibility index (Phi) is 9.13. The summed E-state index contributed by atoms with van der Waals surface area (Å²) in [6, 6.07) is 0. The van der Waals surface area contributed by atoms with Crippen molar-refractivity contribution in [3.05, 3.63) is 0 Å². The second-order valence-electron chi connectivity index (χ2n) is 3.68. The third kappa shape index (κ3) is 6.17. The van der Waals surface area contributed by atoms with E-state index in [2.05, 4.69) is 9.89 Å². The van der Waals surface area contributed by atoms with Crippen molar-refractivity contribution in [2.75, 3.05) is 26.3 Å². The maximum atomic E-state index is 11.8. The molecule has 1 fully saturated rings. The van der Waals surface area contributed by atoms with Gasteiger partial charge in [-0.1, -0.05) is 12.8 Å². The predicted molar refractivity (Wildman–Crippen MR) is 72.5 cm³/mol. The van der Waals surface area contributed by atoms with E-state index in [1.54, 1.807) is 0 Å². The molecule has 90 valence electrons. The standard InChI is InChI=1S/C10H20FN3.HI/c11-6-5-7-13-10(12)14-8-3-1-2-4-9-14;/h1-9H2,(H2,12,13);1H. The molecule has 0 bridgehead atoms. The summed E-state index contributed by atoms with van der Waals surface area (Å²) in [5.41, 5.74) is 5.81. The van der Waals surface area contributed by atoms with Crippen LogP contribution in [-0.4, -0.2) is 37.2 Å². The van der Waals surface area contributed by atoms with E-state index in [4.69, 9.17) is 5.73 Å². The van der Waals surface area contributed by atoms with Crippen LogP contribution in [0.4, 0.5) is 4.39 Å². The molecule has 0 spiro atoms. The molecule has 0 atom stereocenters. The van der Waals surface area contributed by atoms with Gasteiger partial charge in [0.2, 0.25) is 0 Å². The molecular formula is C10H21FIN3. The Morgan fingerprint density at radius 1 is 1.20 bits per heavy atom. The first-order valence-electron chi connectivity index (χ1n) is 5.45. The molecule has 15 heavy (non-hydrogen) atoms. The average Bonchev–Trinajstić information content (AvgIpc) is 2.46. The minimum Gasteiger partial charge on any atom is -0.370 e. The SMILES string of the molecule is I.NC(=NCCCF)N1CCCCCC1. The van der Waals surface area contributed by atoms with Crippen molar-refractivity contribution in [2.45, 2.75) is 32.1 Å². The predicted octanol–water partition coefficient (Wildman–Crippen LogP) is 2.15. The summed E-state index contributed by atoms with van der Waals surface area (Å²) < 4.78 is 11.8. The number of nitrogens with two attached hydrogens (primary N) is 1. The van der Waals surface area contributed by atoms with E-state index in [0.717, 1.165) is 13.1 Å². The highest BCUT2D eigenvalue weighted by molar-refractivity contribution is 14.0. The van der Waals surface area contributed by atoms with Gasteiger partial charge in [-0.25, -0.2) is 0 Å². The van der Waals surface area contributed by atoms with Crippen LogP contribution in [0.3, 0.4) is 0 Å². The number of aliphatic imine (C=N–C) groups is 1. The summed E-state index contributed by atoms with van der Waals surface area (Å²) >= 11 is 0. The lowest BCUT2D eigenvalue weighted by Crippen LogP contribution is -2.38. The molecule has 2 N–H and O–H groups in total. The molecular weight excluding hydrogens is 308 g/mol. The zero-order valence-electron chi connectivity index (χ0n) is 9.12. The van der Waals surface area contributed by atoms with Gasteiger partial charge in [0, 0.05) is 19.6 Å². The highest BCUT2D eigenvalue weighted by atomic mass is 127. The minimum absolute atomic E-state index is 0. The van der Waals surface area contributed by atoms with Gasteiger partial charge in [0.15, 0.2) is 5.96 Å². The molecule has 5 heteroatoms. The third-order valence-electron chi connectivity index (χ3n) is 2.50. The van der Waals surface area contributed by atoms with Crippen molar-refractivity contribution in [3.8, 4) is 0 Å². The maximum Gasteiger partial charge on any atom is 0.191 e. The van der Waals surface area contributed by atoms with E-state index in [9.17, 15) is 4.39 Å². The number of likely N-dealkylation sites (tertiary alicyclic amines) is 1. The summed E-state index contributed by atoms with van der Waals surface area (Å²) in [4.78, 5) is 6.28. The largest absolute Gasteiger partial charge is 0.370 e. The zero-order valence-corrected chi connectivity index (χ0v) is 11.5. The highest BCUT2D eigenvalue weighted by Gasteiger charge is 2.10. The summed E-state index contributed by atoms with van der Waals surface area (Å²) in [6.07, 6.45) is 5.44. The number of hydrogen-bond acceptors (Lipinski definition) is 1. The number of rotatable bonds is 3. The fourth-order valence-corrected chi connectivity index (χ4v) is 1.65. The van der Waals surface area contributed by atoms with Crippen molar-refractivity contribution in [2.24, 2.45) is 10.7 Å². The molecule has 1 heterocycles. The summed E-state index contributed by atoms with van der Waals surface area (Å²) in [7, 11) is 0. The molecule has 0 aromatic heterocycles. The molecule has 0 saturated carbocycles. The first-order chi connectivity index (χ1) is 6.84. The Balaban J connectivity index is 0.00000196. The molecule has 1 aliphatic rings. The number of halogens is 2. The Labute approximate surface area is 108 Å². The maximum absolute atomic E-state index is 11.8. The molecule has 0 unspecified atom stereocenters. The van der Waals surface area contributed by atoms with Gasteiger partial charge in [-0.15, -0.1) is 24.0 Å². The van der Waals surface area contributed by atoms with Crippen LogP contribution in [0.1, 0.15) is 32.1 Å². The normalized spacial score (nSPS) is 18.2. The van der Waals surface area contributed by atoms with Gasteiger partial charge in [-0.3, -0.25) is 9.38 Å². The Bertz CT molecular complexity index is 180. The van der Waals surface area contributed by atoms with Gasteiger partial charge < -0.3 is 10.6 Å². The van der Waals surface area contributed by atoms with Crippen LogP contribution in [0, 0.1) is 0 Å². The molecule has 1 aliphatic heterocycles. The number of alkyl halides is 1. The fraction of sp³-hybridized carbons (Fsp3) is 0.900. The quantitative estimate of drug-likeness (QED) is 0.373. The van der Waals surface area contributed by atoms with Gasteiger partial charge in [0.05, 0.1) is 6.67 Å². The first-order valence-corrected chi connectivity index (χ1v) is 5.45. The van der Waals surface area contributed by atoms with Crippen LogP contribution in [0.25, 0.3) is 0 Å². The van der Waals surface area contributed by atoms with Gasteiger partial charge in [-0.05, 0) is 19.3 Å². The lowest BCUT2D eigenvalue weighted by Gasteiger charge is -2.20. The number of hydrogen-bond donors (Lipinski definition) is 1. The first kappa shape index (κ1) is 14.9. The van der Waals surface area contributed by atoms with Crippen LogP contribution in [0.15, 0.2) is 4.99 Å². The van der Waals surface area contributed by atoms with E-state index in [0.29, 0.717) is 18.9 Å². The van der Waals surface area contributed by atoms with Gasteiger partial charge >= 0.3 is 0 Å². The molecule has 1 rings (SSSR count). The minimum atomic E-state index is -0.309. The molecule has 0 aliphatic carbocycles. The molecule has 1 saturated heterocycles. The Hall–Kier alpha value is -0.0700.